The molecule has 7 nitrogen and oxygen atoms in total. The minimum Gasteiger partial charge on any atom is -0.441 e. The lowest BCUT2D eigenvalue weighted by Crippen LogP contribution is -2.43. The quantitative estimate of drug-likeness (QED) is 0.566. The van der Waals surface area contributed by atoms with E-state index >= 15 is 0 Å². The molecule has 180 valence electrons. The van der Waals surface area contributed by atoms with E-state index < -0.39 is 23.2 Å². The molecule has 1 aromatic carbocycles. The summed E-state index contributed by atoms with van der Waals surface area (Å²) in [4.78, 5) is 33.3. The monoisotopic (exact) mass is 474 g/mol. The van der Waals surface area contributed by atoms with Crippen LogP contribution < -0.4 is 5.69 Å². The fraction of sp³-hybridized carbons (Fsp3) is 0.458. The molecular formula is C24H25F3N4O3. The van der Waals surface area contributed by atoms with Crippen LogP contribution in [0.2, 0.25) is 0 Å². The van der Waals surface area contributed by atoms with Crippen molar-refractivity contribution in [3.63, 3.8) is 0 Å². The van der Waals surface area contributed by atoms with Gasteiger partial charge in [-0.3, -0.25) is 9.47 Å². The SMILES string of the molecule is CC1(C)OC(=O)N([C@H]2CC[C@H](n3c(=O)[nH]c4cnc(C(F)(F)F)cc43)CC2)[C@H]1c1ccccc1. The van der Waals surface area contributed by atoms with E-state index in [4.69, 9.17) is 4.74 Å². The number of benzene rings is 1. The van der Waals surface area contributed by atoms with Gasteiger partial charge < -0.3 is 9.72 Å². The molecule has 0 unspecified atom stereocenters. The van der Waals surface area contributed by atoms with Crippen LogP contribution in [0.1, 0.15) is 62.9 Å². The molecule has 1 amide bonds. The van der Waals surface area contributed by atoms with Crippen molar-refractivity contribution < 1.29 is 22.7 Å². The Labute approximate surface area is 193 Å². The third-order valence-corrected chi connectivity index (χ3v) is 6.93. The van der Waals surface area contributed by atoms with Crippen molar-refractivity contribution >= 4 is 17.1 Å². The second-order valence-corrected chi connectivity index (χ2v) is 9.54. The Hall–Kier alpha value is -3.30. The van der Waals surface area contributed by atoms with Gasteiger partial charge in [-0.25, -0.2) is 14.6 Å². The fourth-order valence-electron chi connectivity index (χ4n) is 5.47. The van der Waals surface area contributed by atoms with Crippen LogP contribution in [0.25, 0.3) is 11.0 Å². The summed E-state index contributed by atoms with van der Waals surface area (Å²) in [5, 5.41) is 0. The van der Waals surface area contributed by atoms with Crippen molar-refractivity contribution in [2.45, 2.75) is 69.4 Å². The summed E-state index contributed by atoms with van der Waals surface area (Å²) >= 11 is 0. The number of hydrogen-bond acceptors (Lipinski definition) is 4. The third kappa shape index (κ3) is 3.74. The number of amides is 1. The van der Waals surface area contributed by atoms with Gasteiger partial charge >= 0.3 is 18.0 Å². The number of aromatic nitrogens is 3. The Morgan fingerprint density at radius 1 is 1.06 bits per heavy atom. The van der Waals surface area contributed by atoms with Crippen LogP contribution in [0.5, 0.6) is 0 Å². The Morgan fingerprint density at radius 2 is 1.71 bits per heavy atom. The molecular weight excluding hydrogens is 449 g/mol. The lowest BCUT2D eigenvalue weighted by Gasteiger charge is -2.38. The van der Waals surface area contributed by atoms with Crippen molar-refractivity contribution in [2.75, 3.05) is 0 Å². The maximum Gasteiger partial charge on any atom is 0.433 e. The molecule has 0 radical (unpaired) electrons. The number of carbonyl (C=O) groups is 1. The number of ether oxygens (including phenoxy) is 1. The highest BCUT2D eigenvalue weighted by Crippen LogP contribution is 2.45. The summed E-state index contributed by atoms with van der Waals surface area (Å²) in [5.74, 6) is 0. The minimum atomic E-state index is -4.60. The fourth-order valence-corrected chi connectivity index (χ4v) is 5.47. The first-order valence-electron chi connectivity index (χ1n) is 11.3. The van der Waals surface area contributed by atoms with Crippen molar-refractivity contribution in [1.29, 1.82) is 0 Å². The molecule has 1 atom stereocenters. The van der Waals surface area contributed by atoms with Crippen LogP contribution in [0, 0.1) is 0 Å². The number of halogens is 3. The van der Waals surface area contributed by atoms with Crippen LogP contribution >= 0.6 is 0 Å². The zero-order valence-corrected chi connectivity index (χ0v) is 18.8. The number of pyridine rings is 1. The number of aromatic amines is 1. The zero-order chi connectivity index (χ0) is 24.3. The first-order valence-corrected chi connectivity index (χ1v) is 11.3. The van der Waals surface area contributed by atoms with E-state index in [9.17, 15) is 22.8 Å². The van der Waals surface area contributed by atoms with E-state index in [1.54, 1.807) is 4.90 Å². The number of fused-ring (bicyclic) bond motifs is 1. The van der Waals surface area contributed by atoms with Gasteiger partial charge in [-0.15, -0.1) is 0 Å². The van der Waals surface area contributed by atoms with Gasteiger partial charge in [0, 0.05) is 12.1 Å². The summed E-state index contributed by atoms with van der Waals surface area (Å²) < 4.78 is 46.7. The van der Waals surface area contributed by atoms with E-state index in [0.29, 0.717) is 25.7 Å². The maximum absolute atomic E-state index is 13.2. The standard InChI is InChI=1S/C24H25F3N4O3/c1-23(2)20(14-6-4-3-5-7-14)31(22(33)34-23)16-10-8-15(9-11-16)30-18-12-19(24(25,26)27)28-13-17(18)29-21(30)32/h3-7,12-13,15-16,20H,8-11H2,1-2H3,(H,29,32)/t15-,16-,20-/m0/s1. The minimum absolute atomic E-state index is 0.0935. The zero-order valence-electron chi connectivity index (χ0n) is 18.8. The first kappa shape index (κ1) is 22.5. The average Bonchev–Trinajstić information content (AvgIpc) is 3.24. The summed E-state index contributed by atoms with van der Waals surface area (Å²) in [5.41, 5.74) is -0.740. The molecule has 3 aromatic rings. The molecule has 10 heteroatoms. The first-order chi connectivity index (χ1) is 16.1. The number of rotatable bonds is 3. The third-order valence-electron chi connectivity index (χ3n) is 6.93. The van der Waals surface area contributed by atoms with Crippen molar-refractivity contribution in [3.05, 3.63) is 64.3 Å². The number of hydrogen-bond donors (Lipinski definition) is 1. The lowest BCUT2D eigenvalue weighted by molar-refractivity contribution is -0.141. The number of imidazole rings is 1. The number of H-pyrrole nitrogens is 1. The summed E-state index contributed by atoms with van der Waals surface area (Å²) in [7, 11) is 0. The number of nitrogens with zero attached hydrogens (tertiary/aromatic N) is 3. The second-order valence-electron chi connectivity index (χ2n) is 9.54. The van der Waals surface area contributed by atoms with E-state index in [1.807, 2.05) is 44.2 Å². The molecule has 1 aliphatic heterocycles. The van der Waals surface area contributed by atoms with Crippen molar-refractivity contribution in [3.8, 4) is 0 Å². The number of cyclic esters (lactones) is 1. The van der Waals surface area contributed by atoms with Gasteiger partial charge in [0.1, 0.15) is 11.3 Å². The second kappa shape index (κ2) is 7.89. The van der Waals surface area contributed by atoms with Gasteiger partial charge in [-0.1, -0.05) is 30.3 Å². The van der Waals surface area contributed by atoms with E-state index in [2.05, 4.69) is 9.97 Å². The number of alkyl halides is 3. The Morgan fingerprint density at radius 3 is 2.35 bits per heavy atom. The van der Waals surface area contributed by atoms with Gasteiger partial charge in [0.2, 0.25) is 0 Å². The van der Waals surface area contributed by atoms with Gasteiger partial charge in [-0.05, 0) is 51.2 Å². The molecule has 1 aliphatic carbocycles. The molecule has 2 fully saturated rings. The molecule has 5 rings (SSSR count). The number of carbonyl (C=O) groups excluding carboxylic acids is 1. The van der Waals surface area contributed by atoms with Gasteiger partial charge in [0.05, 0.1) is 23.3 Å². The van der Waals surface area contributed by atoms with Crippen LogP contribution in [-0.4, -0.2) is 37.2 Å². The molecule has 34 heavy (non-hydrogen) atoms. The van der Waals surface area contributed by atoms with Crippen LogP contribution in [0.4, 0.5) is 18.0 Å². The van der Waals surface area contributed by atoms with E-state index in [0.717, 1.165) is 17.8 Å². The Balaban J connectivity index is 1.41. The van der Waals surface area contributed by atoms with Gasteiger partial charge in [-0.2, -0.15) is 13.2 Å². The molecule has 0 spiro atoms. The summed E-state index contributed by atoms with van der Waals surface area (Å²) in [6.45, 7) is 3.79. The number of nitrogens with one attached hydrogen (secondary N) is 1. The summed E-state index contributed by atoms with van der Waals surface area (Å²) in [6, 6.07) is 10.0. The molecule has 1 N–H and O–H groups in total. The molecule has 0 bridgehead atoms. The van der Waals surface area contributed by atoms with Crippen molar-refractivity contribution in [1.82, 2.24) is 19.4 Å². The highest BCUT2D eigenvalue weighted by Gasteiger charge is 2.51. The van der Waals surface area contributed by atoms with Crippen molar-refractivity contribution in [2.24, 2.45) is 0 Å². The Bertz CT molecular complexity index is 1270. The van der Waals surface area contributed by atoms with E-state index in [-0.39, 0.29) is 35.3 Å². The molecule has 1 saturated heterocycles. The topological polar surface area (TPSA) is 80.2 Å². The predicted molar refractivity (Wildman–Crippen MR) is 118 cm³/mol. The van der Waals surface area contributed by atoms with E-state index in [1.165, 1.54) is 4.57 Å². The maximum atomic E-state index is 13.2. The average molecular weight is 474 g/mol. The normalized spacial score (nSPS) is 25.0. The molecule has 2 aromatic heterocycles. The Kier molecular flexibility index (Phi) is 5.22. The smallest absolute Gasteiger partial charge is 0.433 e. The molecule has 3 heterocycles. The highest BCUT2D eigenvalue weighted by molar-refractivity contribution is 5.75. The summed E-state index contributed by atoms with van der Waals surface area (Å²) in [6.07, 6.45) is -1.61. The highest BCUT2D eigenvalue weighted by atomic mass is 19.4. The molecule has 2 aliphatic rings. The van der Waals surface area contributed by atoms with Crippen LogP contribution in [0.3, 0.4) is 0 Å². The largest absolute Gasteiger partial charge is 0.441 e. The van der Waals surface area contributed by atoms with Gasteiger partial charge in [0.15, 0.2) is 0 Å². The molecule has 1 saturated carbocycles. The van der Waals surface area contributed by atoms with Crippen LogP contribution in [-0.2, 0) is 10.9 Å². The van der Waals surface area contributed by atoms with Crippen LogP contribution in [0.15, 0.2) is 47.4 Å². The van der Waals surface area contributed by atoms with Gasteiger partial charge in [0.25, 0.3) is 0 Å². The lowest BCUT2D eigenvalue weighted by atomic mass is 9.86. The predicted octanol–water partition coefficient (Wildman–Crippen LogP) is 5.20.